The number of aliphatic imine (C=N–C) groups is 1. The summed E-state index contributed by atoms with van der Waals surface area (Å²) < 4.78 is 5.25. The van der Waals surface area contributed by atoms with Crippen molar-refractivity contribution >= 4 is 23.5 Å². The number of hydrogen-bond acceptors (Lipinski definition) is 4. The Kier molecular flexibility index (Phi) is 3.83. The average molecular weight is 228 g/mol. The van der Waals surface area contributed by atoms with E-state index in [0.717, 1.165) is 6.42 Å². The Morgan fingerprint density at radius 3 is 2.80 bits per heavy atom. The number of carbonyl (C=O) groups excluding carboxylic acids is 1. The van der Waals surface area contributed by atoms with E-state index >= 15 is 0 Å². The fourth-order valence-electron chi connectivity index (χ4n) is 1.41. The zero-order valence-corrected chi connectivity index (χ0v) is 10.1. The van der Waals surface area contributed by atoms with Crippen LogP contribution in [0.15, 0.2) is 4.99 Å². The largest absolute Gasteiger partial charge is 0.444 e. The van der Waals surface area contributed by atoms with Gasteiger partial charge in [0.15, 0.2) is 0 Å². The van der Waals surface area contributed by atoms with Crippen LogP contribution in [0.3, 0.4) is 0 Å². The molecule has 0 N–H and O–H groups in total. The second-order valence-corrected chi connectivity index (χ2v) is 4.77. The van der Waals surface area contributed by atoms with Crippen LogP contribution in [-0.2, 0) is 4.74 Å². The van der Waals surface area contributed by atoms with Gasteiger partial charge in [-0.1, -0.05) is 0 Å². The molecule has 0 aromatic rings. The second-order valence-electron chi connectivity index (χ2n) is 4.59. The molecule has 1 amide bonds. The highest BCUT2D eigenvalue weighted by molar-refractivity contribution is 7.78. The summed E-state index contributed by atoms with van der Waals surface area (Å²) in [6.07, 6.45) is 0.563. The highest BCUT2D eigenvalue weighted by Crippen LogP contribution is 2.16. The minimum absolute atomic E-state index is 0.0926. The third-order valence-electron chi connectivity index (χ3n) is 2.05. The lowest BCUT2D eigenvalue weighted by Gasteiger charge is -2.24. The molecule has 1 heterocycles. The number of isothiocyanates is 1. The van der Waals surface area contributed by atoms with Gasteiger partial charge < -0.3 is 9.64 Å². The van der Waals surface area contributed by atoms with Crippen molar-refractivity contribution in [2.75, 3.05) is 13.1 Å². The number of nitrogens with zero attached hydrogens (tertiary/aromatic N) is 2. The molecule has 1 rings (SSSR count). The zero-order chi connectivity index (χ0) is 11.5. The van der Waals surface area contributed by atoms with E-state index in [1.807, 2.05) is 20.8 Å². The Morgan fingerprint density at radius 2 is 2.27 bits per heavy atom. The predicted molar refractivity (Wildman–Crippen MR) is 61.2 cm³/mol. The lowest BCUT2D eigenvalue weighted by Crippen LogP contribution is -2.35. The van der Waals surface area contributed by atoms with E-state index in [1.165, 1.54) is 0 Å². The summed E-state index contributed by atoms with van der Waals surface area (Å²) in [5.74, 6) is 0. The molecule has 1 atom stereocenters. The van der Waals surface area contributed by atoms with Gasteiger partial charge >= 0.3 is 6.09 Å². The van der Waals surface area contributed by atoms with Crippen molar-refractivity contribution in [3.8, 4) is 0 Å². The van der Waals surface area contributed by atoms with Gasteiger partial charge in [0, 0.05) is 13.1 Å². The van der Waals surface area contributed by atoms with Crippen molar-refractivity contribution in [1.29, 1.82) is 0 Å². The molecular weight excluding hydrogens is 212 g/mol. The number of thiocarbonyl (C=S) groups is 1. The number of likely N-dealkylation sites (tertiary alicyclic amines) is 1. The minimum atomic E-state index is -0.442. The molecule has 1 fully saturated rings. The van der Waals surface area contributed by atoms with E-state index in [9.17, 15) is 4.79 Å². The van der Waals surface area contributed by atoms with Gasteiger partial charge in [-0.15, -0.1) is 0 Å². The summed E-state index contributed by atoms with van der Waals surface area (Å²) in [6, 6.07) is 0.0926. The summed E-state index contributed by atoms with van der Waals surface area (Å²) in [4.78, 5) is 17.3. The van der Waals surface area contributed by atoms with E-state index in [-0.39, 0.29) is 12.1 Å². The minimum Gasteiger partial charge on any atom is -0.444 e. The molecule has 0 bridgehead atoms. The van der Waals surface area contributed by atoms with Crippen LogP contribution >= 0.6 is 12.2 Å². The summed E-state index contributed by atoms with van der Waals surface area (Å²) >= 11 is 4.53. The lowest BCUT2D eigenvalue weighted by molar-refractivity contribution is 0.0293. The first-order valence-corrected chi connectivity index (χ1v) is 5.38. The van der Waals surface area contributed by atoms with E-state index < -0.39 is 5.60 Å². The normalized spacial score (nSPS) is 21.0. The lowest BCUT2D eigenvalue weighted by atomic mass is 10.2. The summed E-state index contributed by atoms with van der Waals surface area (Å²) in [6.45, 7) is 6.83. The van der Waals surface area contributed by atoms with Gasteiger partial charge in [-0.25, -0.2) is 9.79 Å². The maximum Gasteiger partial charge on any atom is 0.410 e. The number of carbonyl (C=O) groups is 1. The Bertz CT molecular complexity index is 292. The van der Waals surface area contributed by atoms with Gasteiger partial charge in [0.1, 0.15) is 5.60 Å². The number of rotatable bonds is 1. The Labute approximate surface area is 95.3 Å². The Balaban J connectivity index is 2.47. The molecule has 1 aliphatic rings. The van der Waals surface area contributed by atoms with Gasteiger partial charge in [-0.2, -0.15) is 0 Å². The summed E-state index contributed by atoms with van der Waals surface area (Å²) in [5.41, 5.74) is -0.442. The van der Waals surface area contributed by atoms with Crippen LogP contribution in [0.5, 0.6) is 0 Å². The first-order chi connectivity index (χ1) is 6.92. The molecule has 0 spiro atoms. The summed E-state index contributed by atoms with van der Waals surface area (Å²) in [5, 5.41) is 2.35. The fourth-order valence-corrected chi connectivity index (χ4v) is 1.56. The van der Waals surface area contributed by atoms with Crippen LogP contribution in [0.4, 0.5) is 4.79 Å². The van der Waals surface area contributed by atoms with Crippen LogP contribution in [0.1, 0.15) is 27.2 Å². The van der Waals surface area contributed by atoms with Crippen molar-refractivity contribution in [1.82, 2.24) is 4.90 Å². The van der Waals surface area contributed by atoms with Crippen molar-refractivity contribution in [2.24, 2.45) is 4.99 Å². The zero-order valence-electron chi connectivity index (χ0n) is 9.32. The maximum atomic E-state index is 11.6. The van der Waals surface area contributed by atoms with Gasteiger partial charge in [0.2, 0.25) is 0 Å². The molecule has 84 valence electrons. The van der Waals surface area contributed by atoms with Crippen molar-refractivity contribution in [3.63, 3.8) is 0 Å². The molecule has 1 saturated heterocycles. The number of hydrogen-bond donors (Lipinski definition) is 0. The SMILES string of the molecule is CC(C)(C)OC(=O)N1CCC(N=C=S)C1. The highest BCUT2D eigenvalue weighted by Gasteiger charge is 2.29. The third-order valence-corrected chi connectivity index (χ3v) is 2.16. The van der Waals surface area contributed by atoms with Crippen molar-refractivity contribution < 1.29 is 9.53 Å². The van der Waals surface area contributed by atoms with E-state index in [4.69, 9.17) is 4.74 Å². The Hall–Kier alpha value is -0.930. The van der Waals surface area contributed by atoms with Crippen LogP contribution in [0, 0.1) is 0 Å². The highest BCUT2D eigenvalue weighted by atomic mass is 32.1. The molecule has 15 heavy (non-hydrogen) atoms. The number of ether oxygens (including phenoxy) is 1. The van der Waals surface area contributed by atoms with E-state index in [1.54, 1.807) is 4.90 Å². The summed E-state index contributed by atoms with van der Waals surface area (Å²) in [7, 11) is 0. The smallest absolute Gasteiger partial charge is 0.410 e. The molecule has 0 saturated carbocycles. The molecule has 0 aromatic carbocycles. The van der Waals surface area contributed by atoms with Crippen molar-refractivity contribution in [3.05, 3.63) is 0 Å². The Morgan fingerprint density at radius 1 is 1.60 bits per heavy atom. The van der Waals surface area contributed by atoms with Gasteiger partial charge in [0.25, 0.3) is 0 Å². The fraction of sp³-hybridized carbons (Fsp3) is 0.800. The third kappa shape index (κ3) is 3.98. The quantitative estimate of drug-likeness (QED) is 0.510. The monoisotopic (exact) mass is 228 g/mol. The predicted octanol–water partition coefficient (Wildman–Crippen LogP) is 2.10. The molecule has 0 aliphatic carbocycles. The molecule has 1 aliphatic heterocycles. The molecular formula is C10H16N2O2S. The molecule has 5 heteroatoms. The molecule has 0 radical (unpaired) electrons. The van der Waals surface area contributed by atoms with Crippen LogP contribution < -0.4 is 0 Å². The molecule has 1 unspecified atom stereocenters. The van der Waals surface area contributed by atoms with Gasteiger partial charge in [-0.05, 0) is 39.4 Å². The topological polar surface area (TPSA) is 41.9 Å². The average Bonchev–Trinajstić information content (AvgIpc) is 2.50. The first kappa shape index (κ1) is 12.1. The molecule has 4 nitrogen and oxygen atoms in total. The number of amides is 1. The van der Waals surface area contributed by atoms with Crippen LogP contribution in [-0.4, -0.2) is 40.9 Å². The van der Waals surface area contributed by atoms with Crippen LogP contribution in [0.25, 0.3) is 0 Å². The van der Waals surface area contributed by atoms with Crippen molar-refractivity contribution in [2.45, 2.75) is 38.8 Å². The van der Waals surface area contributed by atoms with E-state index in [2.05, 4.69) is 22.4 Å². The maximum absolute atomic E-state index is 11.6. The standard InChI is InChI=1S/C10H16N2O2S/c1-10(2,3)14-9(13)12-5-4-8(6-12)11-7-15/h8H,4-6H2,1-3H3. The van der Waals surface area contributed by atoms with Crippen LogP contribution in [0.2, 0.25) is 0 Å². The second kappa shape index (κ2) is 4.73. The first-order valence-electron chi connectivity index (χ1n) is 4.97. The van der Waals surface area contributed by atoms with Gasteiger partial charge in [0.05, 0.1) is 11.2 Å². The van der Waals surface area contributed by atoms with E-state index in [0.29, 0.717) is 13.1 Å². The molecule has 0 aromatic heterocycles. The van der Waals surface area contributed by atoms with Gasteiger partial charge in [-0.3, -0.25) is 0 Å².